The van der Waals surface area contributed by atoms with Crippen molar-refractivity contribution in [2.45, 2.75) is 44.2 Å². The van der Waals surface area contributed by atoms with E-state index >= 15 is 0 Å². The summed E-state index contributed by atoms with van der Waals surface area (Å²) in [4.78, 5) is 28.6. The number of rotatable bonds is 1. The molecule has 8 heteroatoms. The van der Waals surface area contributed by atoms with Gasteiger partial charge in [0.1, 0.15) is 0 Å². The maximum Gasteiger partial charge on any atom is 0.395 e. The Bertz CT molecular complexity index is 730. The molecule has 1 amide bonds. The van der Waals surface area contributed by atoms with Crippen molar-refractivity contribution in [2.24, 2.45) is 11.8 Å². The number of hydrogen-bond acceptors (Lipinski definition) is 3. The van der Waals surface area contributed by atoms with E-state index in [9.17, 15) is 22.8 Å². The number of pyridine rings is 1. The molecule has 2 saturated heterocycles. The molecule has 4 unspecified atom stereocenters. The molecular weight excluding hydrogens is 325 g/mol. The van der Waals surface area contributed by atoms with Gasteiger partial charge >= 0.3 is 6.18 Å². The number of nitrogens with zero attached hydrogens (tertiary/aromatic N) is 1. The molecule has 0 spiro atoms. The highest BCUT2D eigenvalue weighted by molar-refractivity contribution is 5.81. The zero-order valence-electron chi connectivity index (χ0n) is 12.8. The molecule has 1 N–H and O–H groups in total. The minimum absolute atomic E-state index is 0.0583. The van der Waals surface area contributed by atoms with Crippen molar-refractivity contribution in [2.75, 3.05) is 6.54 Å². The lowest BCUT2D eigenvalue weighted by Gasteiger charge is -2.35. The molecule has 2 fully saturated rings. The van der Waals surface area contributed by atoms with Gasteiger partial charge in [-0.1, -0.05) is 0 Å². The highest BCUT2D eigenvalue weighted by Gasteiger charge is 2.63. The van der Waals surface area contributed by atoms with Crippen molar-refractivity contribution in [3.05, 3.63) is 33.7 Å². The molecule has 1 aromatic heterocycles. The molecule has 130 valence electrons. The summed E-state index contributed by atoms with van der Waals surface area (Å²) in [5, 5.41) is 0. The molecule has 4 atom stereocenters. The number of carbonyl (C=O) groups excluding carboxylic acids is 1. The first-order valence-corrected chi connectivity index (χ1v) is 8.06. The smallest absolute Gasteiger partial charge is 0.373 e. The normalized spacial score (nSPS) is 32.0. The van der Waals surface area contributed by atoms with Gasteiger partial charge in [0.25, 0.3) is 5.56 Å². The number of alkyl halides is 3. The largest absolute Gasteiger partial charge is 0.395 e. The fourth-order valence-corrected chi connectivity index (χ4v) is 4.29. The molecule has 0 aliphatic carbocycles. The van der Waals surface area contributed by atoms with E-state index in [1.54, 1.807) is 12.3 Å². The van der Waals surface area contributed by atoms with Crippen LogP contribution in [0.2, 0.25) is 0 Å². The van der Waals surface area contributed by atoms with Gasteiger partial charge in [-0.25, -0.2) is 0 Å². The second-order valence-corrected chi connectivity index (χ2v) is 6.70. The van der Waals surface area contributed by atoms with E-state index in [1.807, 2.05) is 0 Å². The lowest BCUT2D eigenvalue weighted by atomic mass is 9.77. The van der Waals surface area contributed by atoms with Crippen LogP contribution in [-0.4, -0.2) is 40.7 Å². The Kier molecular flexibility index (Phi) is 3.49. The number of H-pyrrole nitrogens is 1. The number of ether oxygens (including phenoxy) is 1. The van der Waals surface area contributed by atoms with Gasteiger partial charge in [-0.15, -0.1) is 0 Å². The van der Waals surface area contributed by atoms with E-state index in [2.05, 4.69) is 4.98 Å². The number of aromatic nitrogens is 1. The summed E-state index contributed by atoms with van der Waals surface area (Å²) >= 11 is 0. The molecule has 4 heterocycles. The second kappa shape index (κ2) is 5.34. The van der Waals surface area contributed by atoms with Crippen LogP contribution in [0.4, 0.5) is 13.2 Å². The van der Waals surface area contributed by atoms with Crippen LogP contribution in [0.25, 0.3) is 0 Å². The maximum atomic E-state index is 13.4. The highest BCUT2D eigenvalue weighted by Crippen LogP contribution is 2.51. The number of amides is 1. The van der Waals surface area contributed by atoms with Gasteiger partial charge in [0, 0.05) is 18.3 Å². The summed E-state index contributed by atoms with van der Waals surface area (Å²) in [6.07, 6.45) is -3.18. The summed E-state index contributed by atoms with van der Waals surface area (Å²) in [6, 6.07) is 1.78. The molecule has 0 saturated carbocycles. The Morgan fingerprint density at radius 2 is 2.04 bits per heavy atom. The van der Waals surface area contributed by atoms with Crippen LogP contribution >= 0.6 is 0 Å². The summed E-state index contributed by atoms with van der Waals surface area (Å²) in [5.74, 6) is -3.47. The lowest BCUT2D eigenvalue weighted by Crippen LogP contribution is -2.49. The van der Waals surface area contributed by atoms with Crippen molar-refractivity contribution in [1.82, 2.24) is 9.88 Å². The molecule has 0 aromatic carbocycles. The second-order valence-electron chi connectivity index (χ2n) is 6.70. The quantitative estimate of drug-likeness (QED) is 0.844. The lowest BCUT2D eigenvalue weighted by molar-refractivity contribution is -0.199. The van der Waals surface area contributed by atoms with Crippen LogP contribution in [0, 0.1) is 11.8 Å². The molecular formula is C16H17F3N2O3. The topological polar surface area (TPSA) is 62.4 Å². The highest BCUT2D eigenvalue weighted by atomic mass is 19.4. The van der Waals surface area contributed by atoms with E-state index in [0.717, 1.165) is 5.56 Å². The van der Waals surface area contributed by atoms with Crippen molar-refractivity contribution >= 4 is 5.91 Å². The van der Waals surface area contributed by atoms with Gasteiger partial charge in [-0.3, -0.25) is 9.59 Å². The predicted octanol–water partition coefficient (Wildman–Crippen LogP) is 1.62. The van der Waals surface area contributed by atoms with Gasteiger partial charge in [0.05, 0.1) is 30.6 Å². The fourth-order valence-electron chi connectivity index (χ4n) is 4.29. The Morgan fingerprint density at radius 3 is 2.79 bits per heavy atom. The number of nitrogens with one attached hydrogen (secondary N) is 1. The minimum Gasteiger partial charge on any atom is -0.373 e. The zero-order valence-corrected chi connectivity index (χ0v) is 12.8. The third-order valence-corrected chi connectivity index (χ3v) is 5.41. The Balaban J connectivity index is 1.60. The molecule has 5 nitrogen and oxygen atoms in total. The Morgan fingerprint density at radius 1 is 1.29 bits per heavy atom. The Hall–Kier alpha value is -1.83. The number of carbonyl (C=O) groups is 1. The van der Waals surface area contributed by atoms with Crippen molar-refractivity contribution in [1.29, 1.82) is 0 Å². The van der Waals surface area contributed by atoms with E-state index in [0.29, 0.717) is 31.4 Å². The Labute approximate surface area is 135 Å². The summed E-state index contributed by atoms with van der Waals surface area (Å²) in [5.41, 5.74) is 1.02. The third-order valence-electron chi connectivity index (χ3n) is 5.41. The average Bonchev–Trinajstić information content (AvgIpc) is 3.14. The number of fused-ring (bicyclic) bond motifs is 3. The monoisotopic (exact) mass is 342 g/mol. The molecule has 3 aliphatic heterocycles. The van der Waals surface area contributed by atoms with Gasteiger partial charge in [0.2, 0.25) is 5.91 Å². The van der Waals surface area contributed by atoms with E-state index in [-0.39, 0.29) is 12.1 Å². The number of hydrogen-bond donors (Lipinski definition) is 1. The SMILES string of the molecule is O=C(C1C2CCC(O2)C1C(F)(F)F)N1CCc2cc[nH]c(=O)c2C1. The maximum absolute atomic E-state index is 13.4. The number of aromatic amines is 1. The van der Waals surface area contributed by atoms with Gasteiger partial charge < -0.3 is 14.6 Å². The van der Waals surface area contributed by atoms with Crippen molar-refractivity contribution in [3.63, 3.8) is 0 Å². The molecule has 2 bridgehead atoms. The zero-order chi connectivity index (χ0) is 17.1. The molecule has 4 rings (SSSR count). The van der Waals surface area contributed by atoms with Crippen LogP contribution in [0.15, 0.2) is 17.1 Å². The first-order chi connectivity index (χ1) is 11.4. The van der Waals surface area contributed by atoms with Gasteiger partial charge in [-0.2, -0.15) is 13.2 Å². The van der Waals surface area contributed by atoms with Crippen LogP contribution in [0.1, 0.15) is 24.0 Å². The van der Waals surface area contributed by atoms with Crippen LogP contribution in [0.3, 0.4) is 0 Å². The summed E-state index contributed by atoms with van der Waals surface area (Å²) in [6.45, 7) is 0.385. The first-order valence-electron chi connectivity index (χ1n) is 8.06. The van der Waals surface area contributed by atoms with Gasteiger partial charge in [-0.05, 0) is 30.9 Å². The predicted molar refractivity (Wildman–Crippen MR) is 77.1 cm³/mol. The fraction of sp³-hybridized carbons (Fsp3) is 0.625. The minimum atomic E-state index is -4.45. The van der Waals surface area contributed by atoms with Gasteiger partial charge in [0.15, 0.2) is 0 Å². The molecule has 3 aliphatic rings. The molecule has 1 aromatic rings. The van der Waals surface area contributed by atoms with Crippen LogP contribution in [0.5, 0.6) is 0 Å². The third kappa shape index (κ3) is 2.35. The number of halogens is 3. The summed E-state index contributed by atoms with van der Waals surface area (Å²) < 4.78 is 45.6. The van der Waals surface area contributed by atoms with E-state index in [1.165, 1.54) is 4.90 Å². The summed E-state index contributed by atoms with van der Waals surface area (Å²) in [7, 11) is 0. The van der Waals surface area contributed by atoms with Crippen LogP contribution in [-0.2, 0) is 22.5 Å². The van der Waals surface area contributed by atoms with E-state index < -0.39 is 36.1 Å². The van der Waals surface area contributed by atoms with E-state index in [4.69, 9.17) is 4.74 Å². The van der Waals surface area contributed by atoms with Crippen molar-refractivity contribution in [3.8, 4) is 0 Å². The molecule has 0 radical (unpaired) electrons. The van der Waals surface area contributed by atoms with Crippen LogP contribution < -0.4 is 5.56 Å². The molecule has 24 heavy (non-hydrogen) atoms. The van der Waals surface area contributed by atoms with Crippen molar-refractivity contribution < 1.29 is 22.7 Å². The first kappa shape index (κ1) is 15.7. The standard InChI is InChI=1S/C16H17F3N2O3/c17-16(18,19)13-11-2-1-10(24-11)12(13)15(23)21-6-4-8-3-5-20-14(22)9(8)7-21/h3,5,10-13H,1-2,4,6-7H2,(H,20,22). The average molecular weight is 342 g/mol.